The first-order valence-electron chi connectivity index (χ1n) is 5.22. The molecule has 0 aliphatic rings. The molecule has 0 aliphatic carbocycles. The molecule has 1 N–H and O–H groups in total. The van der Waals surface area contributed by atoms with Crippen molar-refractivity contribution < 1.29 is 14.1 Å². The Hall–Kier alpha value is -1.50. The van der Waals surface area contributed by atoms with E-state index in [1.165, 1.54) is 6.07 Å². The van der Waals surface area contributed by atoms with Crippen molar-refractivity contribution in [2.24, 2.45) is 5.92 Å². The highest BCUT2D eigenvalue weighted by Crippen LogP contribution is 2.28. The molecule has 18 heavy (non-hydrogen) atoms. The molecule has 0 fully saturated rings. The molecule has 1 amide bonds. The van der Waals surface area contributed by atoms with Gasteiger partial charge in [-0.2, -0.15) is 0 Å². The summed E-state index contributed by atoms with van der Waals surface area (Å²) in [4.78, 5) is 21.2. The molecule has 1 unspecified atom stereocenters. The summed E-state index contributed by atoms with van der Waals surface area (Å²) in [5, 5.41) is 13.0. The molecule has 0 spiro atoms. The maximum absolute atomic E-state index is 13.5. The molecule has 0 radical (unpaired) electrons. The number of benzene rings is 1. The van der Waals surface area contributed by atoms with Gasteiger partial charge in [0.2, 0.25) is 5.91 Å². The van der Waals surface area contributed by atoms with E-state index < -0.39 is 32.8 Å². The van der Waals surface area contributed by atoms with Crippen LogP contribution in [0.15, 0.2) is 18.2 Å². The van der Waals surface area contributed by atoms with E-state index in [1.807, 2.05) is 0 Å². The van der Waals surface area contributed by atoms with Crippen LogP contribution >= 0.6 is 15.9 Å². The average Bonchev–Trinajstić information content (AvgIpc) is 2.30. The van der Waals surface area contributed by atoms with E-state index in [0.29, 0.717) is 0 Å². The van der Waals surface area contributed by atoms with Gasteiger partial charge >= 0.3 is 0 Å². The van der Waals surface area contributed by atoms with Gasteiger partial charge in [0, 0.05) is 6.07 Å². The first kappa shape index (κ1) is 14.6. The lowest BCUT2D eigenvalue weighted by atomic mass is 10.1. The van der Waals surface area contributed by atoms with Crippen LogP contribution in [0.5, 0.6) is 0 Å². The zero-order valence-corrected chi connectivity index (χ0v) is 11.4. The number of hydrogen-bond acceptors (Lipinski definition) is 3. The smallest absolute Gasteiger partial charge is 0.295 e. The standard InChI is InChI=1S/C11H12BrFN2O3/c1-6(2)9(12)11(16)14-10-7(13)4-3-5-8(10)15(17)18/h3-6,9H,1-2H3,(H,14,16). The third-order valence-corrected chi connectivity index (χ3v) is 3.75. The molecule has 1 rings (SSSR count). The van der Waals surface area contributed by atoms with E-state index in [0.717, 1.165) is 12.1 Å². The summed E-state index contributed by atoms with van der Waals surface area (Å²) in [6, 6.07) is 3.41. The Bertz CT molecular complexity index is 479. The molecule has 0 aliphatic heterocycles. The molecular formula is C11H12BrFN2O3. The van der Waals surface area contributed by atoms with Gasteiger partial charge in [-0.05, 0) is 12.0 Å². The predicted molar refractivity (Wildman–Crippen MR) is 69.2 cm³/mol. The minimum absolute atomic E-state index is 0.0178. The number of nitro benzene ring substituents is 1. The van der Waals surface area contributed by atoms with Gasteiger partial charge in [-0.1, -0.05) is 35.8 Å². The summed E-state index contributed by atoms with van der Waals surface area (Å²) in [7, 11) is 0. The Morgan fingerprint density at radius 2 is 2.11 bits per heavy atom. The predicted octanol–water partition coefficient (Wildman–Crippen LogP) is 3.09. The molecular weight excluding hydrogens is 307 g/mol. The van der Waals surface area contributed by atoms with Crippen LogP contribution < -0.4 is 5.32 Å². The van der Waals surface area contributed by atoms with Crippen LogP contribution in [0.4, 0.5) is 15.8 Å². The minimum Gasteiger partial charge on any atom is -0.317 e. The third kappa shape index (κ3) is 3.25. The molecule has 5 nitrogen and oxygen atoms in total. The number of rotatable bonds is 4. The Labute approximate surface area is 112 Å². The van der Waals surface area contributed by atoms with Crippen LogP contribution in [0.3, 0.4) is 0 Å². The summed E-state index contributed by atoms with van der Waals surface area (Å²) in [6.07, 6.45) is 0. The zero-order chi connectivity index (χ0) is 13.9. The lowest BCUT2D eigenvalue weighted by Gasteiger charge is -2.14. The number of para-hydroxylation sites is 1. The van der Waals surface area contributed by atoms with Gasteiger partial charge in [0.25, 0.3) is 5.69 Å². The molecule has 98 valence electrons. The first-order valence-corrected chi connectivity index (χ1v) is 6.14. The number of alkyl halides is 1. The van der Waals surface area contributed by atoms with Gasteiger partial charge in [-0.3, -0.25) is 14.9 Å². The van der Waals surface area contributed by atoms with Crippen LogP contribution in [-0.2, 0) is 4.79 Å². The quantitative estimate of drug-likeness (QED) is 0.526. The highest BCUT2D eigenvalue weighted by atomic mass is 79.9. The number of anilines is 1. The molecule has 1 aromatic rings. The molecule has 0 heterocycles. The van der Waals surface area contributed by atoms with E-state index >= 15 is 0 Å². The van der Waals surface area contributed by atoms with Crippen LogP contribution in [0, 0.1) is 21.8 Å². The number of nitrogens with zero attached hydrogens (tertiary/aromatic N) is 1. The Morgan fingerprint density at radius 1 is 1.50 bits per heavy atom. The first-order chi connectivity index (χ1) is 8.34. The van der Waals surface area contributed by atoms with Crippen molar-refractivity contribution in [3.05, 3.63) is 34.1 Å². The fourth-order valence-electron chi connectivity index (χ4n) is 1.28. The van der Waals surface area contributed by atoms with E-state index in [2.05, 4.69) is 21.2 Å². The summed E-state index contributed by atoms with van der Waals surface area (Å²) < 4.78 is 13.5. The second-order valence-corrected chi connectivity index (χ2v) is 5.01. The van der Waals surface area contributed by atoms with E-state index in [9.17, 15) is 19.3 Å². The van der Waals surface area contributed by atoms with Crippen molar-refractivity contribution in [2.75, 3.05) is 5.32 Å². The van der Waals surface area contributed by atoms with Gasteiger partial charge in [0.05, 0.1) is 9.75 Å². The summed E-state index contributed by atoms with van der Waals surface area (Å²) >= 11 is 3.15. The molecule has 0 saturated carbocycles. The van der Waals surface area contributed by atoms with Crippen molar-refractivity contribution in [2.45, 2.75) is 18.7 Å². The van der Waals surface area contributed by atoms with Gasteiger partial charge < -0.3 is 5.32 Å². The number of carbonyl (C=O) groups is 1. The van der Waals surface area contributed by atoms with Crippen LogP contribution in [-0.4, -0.2) is 15.7 Å². The van der Waals surface area contributed by atoms with Crippen LogP contribution in [0.25, 0.3) is 0 Å². The monoisotopic (exact) mass is 318 g/mol. The van der Waals surface area contributed by atoms with E-state index in [4.69, 9.17) is 0 Å². The Morgan fingerprint density at radius 3 is 2.61 bits per heavy atom. The number of nitro groups is 1. The maximum Gasteiger partial charge on any atom is 0.295 e. The van der Waals surface area contributed by atoms with E-state index in [-0.39, 0.29) is 5.92 Å². The molecule has 7 heteroatoms. The largest absolute Gasteiger partial charge is 0.317 e. The van der Waals surface area contributed by atoms with E-state index in [1.54, 1.807) is 13.8 Å². The highest BCUT2D eigenvalue weighted by molar-refractivity contribution is 9.10. The number of halogens is 2. The summed E-state index contributed by atoms with van der Waals surface area (Å²) in [5.41, 5.74) is -0.871. The fourth-order valence-corrected chi connectivity index (χ4v) is 1.40. The Balaban J connectivity index is 3.04. The third-order valence-electron chi connectivity index (χ3n) is 2.27. The lowest BCUT2D eigenvalue weighted by Crippen LogP contribution is -2.27. The second kappa shape index (κ2) is 5.90. The van der Waals surface area contributed by atoms with Crippen LogP contribution in [0.1, 0.15) is 13.8 Å². The van der Waals surface area contributed by atoms with Gasteiger partial charge in [-0.15, -0.1) is 0 Å². The number of amides is 1. The van der Waals surface area contributed by atoms with Crippen molar-refractivity contribution in [3.63, 3.8) is 0 Å². The van der Waals surface area contributed by atoms with Crippen molar-refractivity contribution in [1.82, 2.24) is 0 Å². The molecule has 0 saturated heterocycles. The average molecular weight is 319 g/mol. The van der Waals surface area contributed by atoms with Crippen LogP contribution in [0.2, 0.25) is 0 Å². The number of carbonyl (C=O) groups excluding carboxylic acids is 1. The molecule has 1 atom stereocenters. The number of nitrogens with one attached hydrogen (secondary N) is 1. The fraction of sp³-hybridized carbons (Fsp3) is 0.364. The lowest BCUT2D eigenvalue weighted by molar-refractivity contribution is -0.384. The minimum atomic E-state index is -0.832. The SMILES string of the molecule is CC(C)C(Br)C(=O)Nc1c(F)cccc1[N+](=O)[O-]. The normalized spacial score (nSPS) is 12.3. The molecule has 0 bridgehead atoms. The maximum atomic E-state index is 13.5. The second-order valence-electron chi connectivity index (χ2n) is 4.03. The van der Waals surface area contributed by atoms with Crippen molar-refractivity contribution in [1.29, 1.82) is 0 Å². The topological polar surface area (TPSA) is 72.2 Å². The van der Waals surface area contributed by atoms with Crippen molar-refractivity contribution in [3.8, 4) is 0 Å². The van der Waals surface area contributed by atoms with Gasteiger partial charge in [0.15, 0.2) is 11.5 Å². The number of hydrogen-bond donors (Lipinski definition) is 1. The molecule has 0 aromatic heterocycles. The summed E-state index contributed by atoms with van der Waals surface area (Å²) in [6.45, 7) is 3.60. The summed E-state index contributed by atoms with van der Waals surface area (Å²) in [5.74, 6) is -1.37. The zero-order valence-electron chi connectivity index (χ0n) is 9.81. The highest BCUT2D eigenvalue weighted by Gasteiger charge is 2.24. The van der Waals surface area contributed by atoms with Crippen molar-refractivity contribution >= 4 is 33.2 Å². The van der Waals surface area contributed by atoms with Gasteiger partial charge in [0.1, 0.15) is 0 Å². The van der Waals surface area contributed by atoms with Gasteiger partial charge in [-0.25, -0.2) is 4.39 Å². The Kier molecular flexibility index (Phi) is 4.77. The molecule has 1 aromatic carbocycles.